The molecule has 23 heavy (non-hydrogen) atoms. The van der Waals surface area contributed by atoms with Gasteiger partial charge in [0.15, 0.2) is 0 Å². The number of rotatable bonds is 5. The van der Waals surface area contributed by atoms with Crippen molar-refractivity contribution in [3.8, 4) is 11.5 Å². The minimum absolute atomic E-state index is 0.295. The minimum atomic E-state index is -0.381. The summed E-state index contributed by atoms with van der Waals surface area (Å²) in [4.78, 5) is 12.1. The fraction of sp³-hybridized carbons (Fsp3) is 0.250. The first-order valence-electron chi connectivity index (χ1n) is 7.64. The molecule has 0 saturated carbocycles. The molecule has 120 valence electrons. The SMILES string of the molecule is COc1ccc(/C=C/C(=O)Oc2cc(C)ccc2C(C)C)cc1. The first-order valence-corrected chi connectivity index (χ1v) is 7.64. The maximum atomic E-state index is 12.1. The predicted octanol–water partition coefficient (Wildman–Crippen LogP) is 4.75. The zero-order valence-corrected chi connectivity index (χ0v) is 14.0. The van der Waals surface area contributed by atoms with Gasteiger partial charge in [0.05, 0.1) is 7.11 Å². The molecule has 0 N–H and O–H groups in total. The van der Waals surface area contributed by atoms with Gasteiger partial charge in [-0.25, -0.2) is 4.79 Å². The van der Waals surface area contributed by atoms with E-state index in [4.69, 9.17) is 9.47 Å². The van der Waals surface area contributed by atoms with E-state index in [9.17, 15) is 4.79 Å². The van der Waals surface area contributed by atoms with Crippen molar-refractivity contribution in [1.29, 1.82) is 0 Å². The van der Waals surface area contributed by atoms with E-state index < -0.39 is 0 Å². The Labute approximate surface area is 137 Å². The van der Waals surface area contributed by atoms with Crippen LogP contribution in [0.2, 0.25) is 0 Å². The molecule has 0 aliphatic heterocycles. The van der Waals surface area contributed by atoms with Crippen LogP contribution in [-0.2, 0) is 4.79 Å². The first kappa shape index (κ1) is 16.8. The van der Waals surface area contributed by atoms with E-state index in [2.05, 4.69) is 13.8 Å². The van der Waals surface area contributed by atoms with Gasteiger partial charge in [0, 0.05) is 6.08 Å². The molecule has 0 unspecified atom stereocenters. The highest BCUT2D eigenvalue weighted by Gasteiger charge is 2.10. The van der Waals surface area contributed by atoms with E-state index in [-0.39, 0.29) is 5.97 Å². The summed E-state index contributed by atoms with van der Waals surface area (Å²) in [7, 11) is 1.62. The molecule has 0 heterocycles. The largest absolute Gasteiger partial charge is 0.497 e. The van der Waals surface area contributed by atoms with Crippen LogP contribution in [0.4, 0.5) is 0 Å². The van der Waals surface area contributed by atoms with Crippen molar-refractivity contribution < 1.29 is 14.3 Å². The Balaban J connectivity index is 2.09. The Kier molecular flexibility index (Phi) is 5.58. The van der Waals surface area contributed by atoms with Crippen LogP contribution in [0.1, 0.15) is 36.5 Å². The van der Waals surface area contributed by atoms with E-state index in [1.165, 1.54) is 6.08 Å². The number of methoxy groups -OCH3 is 1. The van der Waals surface area contributed by atoms with Gasteiger partial charge in [0.25, 0.3) is 0 Å². The summed E-state index contributed by atoms with van der Waals surface area (Å²) < 4.78 is 10.6. The van der Waals surface area contributed by atoms with E-state index in [1.807, 2.05) is 49.4 Å². The first-order chi connectivity index (χ1) is 11.0. The lowest BCUT2D eigenvalue weighted by Crippen LogP contribution is -2.06. The average molecular weight is 310 g/mol. The third-order valence-corrected chi connectivity index (χ3v) is 3.53. The van der Waals surface area contributed by atoms with Crippen LogP contribution in [-0.4, -0.2) is 13.1 Å². The second kappa shape index (κ2) is 7.63. The van der Waals surface area contributed by atoms with Crippen molar-refractivity contribution in [2.45, 2.75) is 26.7 Å². The highest BCUT2D eigenvalue weighted by atomic mass is 16.5. The van der Waals surface area contributed by atoms with Gasteiger partial charge in [0.1, 0.15) is 11.5 Å². The van der Waals surface area contributed by atoms with Crippen LogP contribution in [0.15, 0.2) is 48.5 Å². The predicted molar refractivity (Wildman–Crippen MR) is 92.9 cm³/mol. The van der Waals surface area contributed by atoms with Crippen LogP contribution in [0.3, 0.4) is 0 Å². The lowest BCUT2D eigenvalue weighted by Gasteiger charge is -2.12. The summed E-state index contributed by atoms with van der Waals surface area (Å²) in [6, 6.07) is 13.4. The molecule has 0 spiro atoms. The van der Waals surface area contributed by atoms with Crippen molar-refractivity contribution in [2.75, 3.05) is 7.11 Å². The summed E-state index contributed by atoms with van der Waals surface area (Å²) in [6.45, 7) is 6.14. The Morgan fingerprint density at radius 2 is 1.78 bits per heavy atom. The number of carbonyl (C=O) groups excluding carboxylic acids is 1. The molecule has 3 nitrogen and oxygen atoms in total. The van der Waals surface area contributed by atoms with Crippen LogP contribution < -0.4 is 9.47 Å². The Morgan fingerprint density at radius 3 is 2.39 bits per heavy atom. The van der Waals surface area contributed by atoms with E-state index in [0.717, 1.165) is 22.4 Å². The lowest BCUT2D eigenvalue weighted by atomic mass is 10.0. The molecule has 2 aromatic carbocycles. The Bertz CT molecular complexity index is 697. The van der Waals surface area contributed by atoms with Crippen molar-refractivity contribution in [3.63, 3.8) is 0 Å². The van der Waals surface area contributed by atoms with Crippen LogP contribution in [0.5, 0.6) is 11.5 Å². The molecule has 0 amide bonds. The monoisotopic (exact) mass is 310 g/mol. The molecular weight excluding hydrogens is 288 g/mol. The molecule has 0 radical (unpaired) electrons. The smallest absolute Gasteiger partial charge is 0.336 e. The molecule has 0 aliphatic carbocycles. The van der Waals surface area contributed by atoms with Gasteiger partial charge in [-0.2, -0.15) is 0 Å². The van der Waals surface area contributed by atoms with Crippen molar-refractivity contribution in [3.05, 3.63) is 65.2 Å². The summed E-state index contributed by atoms with van der Waals surface area (Å²) in [5, 5.41) is 0. The summed E-state index contributed by atoms with van der Waals surface area (Å²) in [5.74, 6) is 1.33. The van der Waals surface area contributed by atoms with Gasteiger partial charge in [-0.15, -0.1) is 0 Å². The molecule has 0 bridgehead atoms. The topological polar surface area (TPSA) is 35.5 Å². The van der Waals surface area contributed by atoms with Gasteiger partial charge < -0.3 is 9.47 Å². The molecule has 2 aromatic rings. The third kappa shape index (κ3) is 4.71. The summed E-state index contributed by atoms with van der Waals surface area (Å²) in [6.07, 6.45) is 3.17. The number of esters is 1. The second-order valence-electron chi connectivity index (χ2n) is 5.72. The van der Waals surface area contributed by atoms with Crippen molar-refractivity contribution in [2.24, 2.45) is 0 Å². The molecule has 2 rings (SSSR count). The molecule has 3 heteroatoms. The van der Waals surface area contributed by atoms with Crippen molar-refractivity contribution >= 4 is 12.0 Å². The van der Waals surface area contributed by atoms with E-state index in [1.54, 1.807) is 13.2 Å². The number of hydrogen-bond donors (Lipinski definition) is 0. The number of aryl methyl sites for hydroxylation is 1. The second-order valence-corrected chi connectivity index (χ2v) is 5.72. The van der Waals surface area contributed by atoms with Crippen LogP contribution >= 0.6 is 0 Å². The van der Waals surface area contributed by atoms with Gasteiger partial charge >= 0.3 is 5.97 Å². The van der Waals surface area contributed by atoms with Crippen LogP contribution in [0, 0.1) is 6.92 Å². The Hall–Kier alpha value is -2.55. The van der Waals surface area contributed by atoms with Gasteiger partial charge in [0.2, 0.25) is 0 Å². The highest BCUT2D eigenvalue weighted by molar-refractivity contribution is 5.88. The average Bonchev–Trinajstić information content (AvgIpc) is 2.53. The lowest BCUT2D eigenvalue weighted by molar-refractivity contribution is -0.128. The molecule has 0 fully saturated rings. The fourth-order valence-corrected chi connectivity index (χ4v) is 2.23. The zero-order chi connectivity index (χ0) is 16.8. The normalized spacial score (nSPS) is 11.0. The van der Waals surface area contributed by atoms with Crippen LogP contribution in [0.25, 0.3) is 6.08 Å². The maximum absolute atomic E-state index is 12.1. The Morgan fingerprint density at radius 1 is 1.09 bits per heavy atom. The molecule has 0 aromatic heterocycles. The van der Waals surface area contributed by atoms with Gasteiger partial charge in [-0.05, 0) is 53.8 Å². The molecule has 0 aliphatic rings. The van der Waals surface area contributed by atoms with Gasteiger partial charge in [-0.1, -0.05) is 38.1 Å². The fourth-order valence-electron chi connectivity index (χ4n) is 2.23. The quantitative estimate of drug-likeness (QED) is 0.454. The van der Waals surface area contributed by atoms with E-state index in [0.29, 0.717) is 11.7 Å². The molecular formula is C20H22O3. The molecule has 0 saturated heterocycles. The molecule has 0 atom stereocenters. The highest BCUT2D eigenvalue weighted by Crippen LogP contribution is 2.27. The summed E-state index contributed by atoms with van der Waals surface area (Å²) in [5.41, 5.74) is 3.01. The number of benzene rings is 2. The zero-order valence-electron chi connectivity index (χ0n) is 14.0. The van der Waals surface area contributed by atoms with Crippen molar-refractivity contribution in [1.82, 2.24) is 0 Å². The number of carbonyl (C=O) groups is 1. The minimum Gasteiger partial charge on any atom is -0.497 e. The summed E-state index contributed by atoms with van der Waals surface area (Å²) >= 11 is 0. The standard InChI is InChI=1S/C20H22O3/c1-14(2)18-11-5-15(3)13-19(18)23-20(21)12-8-16-6-9-17(22-4)10-7-16/h5-14H,1-4H3/b12-8+. The van der Waals surface area contributed by atoms with E-state index >= 15 is 0 Å². The number of ether oxygens (including phenoxy) is 2. The van der Waals surface area contributed by atoms with Gasteiger partial charge in [-0.3, -0.25) is 0 Å². The maximum Gasteiger partial charge on any atom is 0.336 e. The third-order valence-electron chi connectivity index (χ3n) is 3.53. The number of hydrogen-bond acceptors (Lipinski definition) is 3.